The van der Waals surface area contributed by atoms with Crippen LogP contribution in [0.1, 0.15) is 31.2 Å². The largest absolute Gasteiger partial charge is 0.377 e. The van der Waals surface area contributed by atoms with Crippen LogP contribution in [0.15, 0.2) is 36.5 Å². The first-order chi connectivity index (χ1) is 12.2. The molecule has 1 aromatic heterocycles. The lowest BCUT2D eigenvalue weighted by molar-refractivity contribution is -0.124. The van der Waals surface area contributed by atoms with Gasteiger partial charge in [0.15, 0.2) is 0 Å². The van der Waals surface area contributed by atoms with E-state index in [1.54, 1.807) is 14.2 Å². The van der Waals surface area contributed by atoms with Crippen LogP contribution >= 0.6 is 0 Å². The highest BCUT2D eigenvalue weighted by atomic mass is 16.5. The maximum atomic E-state index is 11.6. The van der Waals surface area contributed by atoms with Crippen molar-refractivity contribution in [3.05, 3.63) is 42.1 Å². The number of nitrogens with one attached hydrogen (secondary N) is 1. The molecule has 134 valence electrons. The molecule has 2 heterocycles. The molecule has 3 rings (SSSR count). The second kappa shape index (κ2) is 7.93. The summed E-state index contributed by atoms with van der Waals surface area (Å²) in [6.45, 7) is 2.80. The highest BCUT2D eigenvalue weighted by Crippen LogP contribution is 2.30. The Kier molecular flexibility index (Phi) is 5.66. The van der Waals surface area contributed by atoms with E-state index in [1.807, 2.05) is 12.3 Å². The third kappa shape index (κ3) is 4.17. The monoisotopic (exact) mass is 341 g/mol. The fourth-order valence-electron chi connectivity index (χ4n) is 3.80. The normalized spacial score (nSPS) is 21.4. The van der Waals surface area contributed by atoms with Crippen LogP contribution in [0.3, 0.4) is 0 Å². The zero-order valence-electron chi connectivity index (χ0n) is 15.1. The third-order valence-corrected chi connectivity index (χ3v) is 5.27. The van der Waals surface area contributed by atoms with Crippen molar-refractivity contribution < 1.29 is 9.53 Å². The van der Waals surface area contributed by atoms with E-state index in [0.717, 1.165) is 44.4 Å². The van der Waals surface area contributed by atoms with Crippen LogP contribution in [0.5, 0.6) is 0 Å². The highest BCUT2D eigenvalue weighted by molar-refractivity contribution is 5.81. The molecule has 1 amide bonds. The molecule has 5 heteroatoms. The predicted molar refractivity (Wildman–Crippen MR) is 99.3 cm³/mol. The van der Waals surface area contributed by atoms with E-state index < -0.39 is 0 Å². The van der Waals surface area contributed by atoms with E-state index >= 15 is 0 Å². The standard InChI is InChI=1S/C20H27N3O2/c1-21-19(24)8-11-20(25-2)10-5-13-23(15-20)14-16-9-12-22-18-7-4-3-6-17(16)18/h3-4,6-7,9,12H,5,8,10-11,13-15H2,1-2H3,(H,21,24)/t20-/m0/s1. The molecule has 0 spiro atoms. The van der Waals surface area contributed by atoms with Gasteiger partial charge in [0.05, 0.1) is 11.1 Å². The second-order valence-electron chi connectivity index (χ2n) is 6.86. The van der Waals surface area contributed by atoms with Gasteiger partial charge in [0, 0.05) is 45.3 Å². The van der Waals surface area contributed by atoms with Crippen molar-refractivity contribution in [3.63, 3.8) is 0 Å². The summed E-state index contributed by atoms with van der Waals surface area (Å²) in [5.41, 5.74) is 2.10. The molecule has 1 aliphatic rings. The molecule has 1 atom stereocenters. The number of carbonyl (C=O) groups excluding carboxylic acids is 1. The summed E-state index contributed by atoms with van der Waals surface area (Å²) in [5, 5.41) is 3.91. The maximum absolute atomic E-state index is 11.6. The van der Waals surface area contributed by atoms with Crippen molar-refractivity contribution in [2.24, 2.45) is 0 Å². The number of fused-ring (bicyclic) bond motifs is 1. The topological polar surface area (TPSA) is 54.5 Å². The second-order valence-corrected chi connectivity index (χ2v) is 6.86. The number of rotatable bonds is 6. The minimum atomic E-state index is -0.229. The van der Waals surface area contributed by atoms with Gasteiger partial charge in [-0.3, -0.25) is 14.7 Å². The average molecular weight is 341 g/mol. The fourth-order valence-corrected chi connectivity index (χ4v) is 3.80. The molecule has 0 bridgehead atoms. The quantitative estimate of drug-likeness (QED) is 0.878. The minimum absolute atomic E-state index is 0.0775. The molecule has 25 heavy (non-hydrogen) atoms. The number of aromatic nitrogens is 1. The molecule has 1 aliphatic heterocycles. The van der Waals surface area contributed by atoms with Crippen molar-refractivity contribution in [1.29, 1.82) is 0 Å². The van der Waals surface area contributed by atoms with Gasteiger partial charge < -0.3 is 10.1 Å². The van der Waals surface area contributed by atoms with Crippen molar-refractivity contribution in [2.45, 2.75) is 37.8 Å². The number of amides is 1. The first-order valence-electron chi connectivity index (χ1n) is 8.96. The molecule has 1 N–H and O–H groups in total. The van der Waals surface area contributed by atoms with Crippen LogP contribution in [-0.2, 0) is 16.1 Å². The first-order valence-corrected chi connectivity index (χ1v) is 8.96. The van der Waals surface area contributed by atoms with Gasteiger partial charge in [-0.15, -0.1) is 0 Å². The summed E-state index contributed by atoms with van der Waals surface area (Å²) in [7, 11) is 3.46. The van der Waals surface area contributed by atoms with Gasteiger partial charge >= 0.3 is 0 Å². The smallest absolute Gasteiger partial charge is 0.219 e. The van der Waals surface area contributed by atoms with Gasteiger partial charge in [0.25, 0.3) is 0 Å². The van der Waals surface area contributed by atoms with Gasteiger partial charge in [-0.25, -0.2) is 0 Å². The molecule has 0 saturated carbocycles. The number of piperidine rings is 1. The summed E-state index contributed by atoms with van der Waals surface area (Å²) in [6, 6.07) is 10.4. The predicted octanol–water partition coefficient (Wildman–Crippen LogP) is 2.74. The van der Waals surface area contributed by atoms with E-state index in [2.05, 4.69) is 39.5 Å². The Labute approximate surface area is 149 Å². The first kappa shape index (κ1) is 17.8. The Morgan fingerprint density at radius 3 is 3.00 bits per heavy atom. The van der Waals surface area contributed by atoms with Crippen LogP contribution in [-0.4, -0.2) is 48.6 Å². The van der Waals surface area contributed by atoms with Gasteiger partial charge in [-0.05, 0) is 43.5 Å². The van der Waals surface area contributed by atoms with E-state index in [1.165, 1.54) is 10.9 Å². The number of ether oxygens (including phenoxy) is 1. The van der Waals surface area contributed by atoms with E-state index in [4.69, 9.17) is 4.74 Å². The summed E-state index contributed by atoms with van der Waals surface area (Å²) >= 11 is 0. The number of hydrogen-bond acceptors (Lipinski definition) is 4. The molecule has 0 radical (unpaired) electrons. The third-order valence-electron chi connectivity index (χ3n) is 5.27. The van der Waals surface area contributed by atoms with Crippen LogP contribution < -0.4 is 5.32 Å². The number of nitrogens with zero attached hydrogens (tertiary/aromatic N) is 2. The molecular weight excluding hydrogens is 314 g/mol. The zero-order chi connectivity index (χ0) is 17.7. The molecule has 1 saturated heterocycles. The van der Waals surface area contributed by atoms with Crippen LogP contribution in [0.2, 0.25) is 0 Å². The molecule has 1 aromatic carbocycles. The van der Waals surface area contributed by atoms with Crippen molar-refractivity contribution in [1.82, 2.24) is 15.2 Å². The summed E-state index contributed by atoms with van der Waals surface area (Å²) < 4.78 is 5.90. The average Bonchev–Trinajstić information content (AvgIpc) is 2.66. The van der Waals surface area contributed by atoms with Crippen molar-refractivity contribution in [2.75, 3.05) is 27.2 Å². The lowest BCUT2D eigenvalue weighted by Gasteiger charge is -2.42. The Hall–Kier alpha value is -1.98. The molecule has 0 aliphatic carbocycles. The van der Waals surface area contributed by atoms with E-state index in [0.29, 0.717) is 6.42 Å². The molecular formula is C20H27N3O2. The Balaban J connectivity index is 1.73. The number of pyridine rings is 1. The van der Waals surface area contributed by atoms with Gasteiger partial charge in [0.1, 0.15) is 0 Å². The fraction of sp³-hybridized carbons (Fsp3) is 0.500. The number of para-hydroxylation sites is 1. The zero-order valence-corrected chi connectivity index (χ0v) is 15.1. The number of hydrogen-bond donors (Lipinski definition) is 1. The van der Waals surface area contributed by atoms with Crippen molar-refractivity contribution >= 4 is 16.8 Å². The van der Waals surface area contributed by atoms with Crippen LogP contribution in [0.4, 0.5) is 0 Å². The van der Waals surface area contributed by atoms with Crippen molar-refractivity contribution in [3.8, 4) is 0 Å². The number of likely N-dealkylation sites (tertiary alicyclic amines) is 1. The SMILES string of the molecule is CNC(=O)CC[C@@]1(OC)CCCN(Cc2ccnc3ccccc23)C1. The van der Waals surface area contributed by atoms with Gasteiger partial charge in [-0.1, -0.05) is 18.2 Å². The van der Waals surface area contributed by atoms with Crippen LogP contribution in [0.25, 0.3) is 10.9 Å². The summed E-state index contributed by atoms with van der Waals surface area (Å²) in [5.74, 6) is 0.0775. The molecule has 2 aromatic rings. The summed E-state index contributed by atoms with van der Waals surface area (Å²) in [4.78, 5) is 18.5. The Morgan fingerprint density at radius 2 is 2.20 bits per heavy atom. The highest BCUT2D eigenvalue weighted by Gasteiger charge is 2.35. The maximum Gasteiger partial charge on any atom is 0.219 e. The minimum Gasteiger partial charge on any atom is -0.377 e. The van der Waals surface area contributed by atoms with Crippen LogP contribution in [0, 0.1) is 0 Å². The van der Waals surface area contributed by atoms with E-state index in [-0.39, 0.29) is 11.5 Å². The van der Waals surface area contributed by atoms with Gasteiger partial charge in [-0.2, -0.15) is 0 Å². The van der Waals surface area contributed by atoms with Gasteiger partial charge in [0.2, 0.25) is 5.91 Å². The lowest BCUT2D eigenvalue weighted by Crippen LogP contribution is -2.49. The summed E-state index contributed by atoms with van der Waals surface area (Å²) in [6.07, 6.45) is 5.25. The molecule has 5 nitrogen and oxygen atoms in total. The Bertz CT molecular complexity index is 728. The number of carbonyl (C=O) groups is 1. The molecule has 0 unspecified atom stereocenters. The van der Waals surface area contributed by atoms with E-state index in [9.17, 15) is 4.79 Å². The number of benzene rings is 1. The Morgan fingerprint density at radius 1 is 1.36 bits per heavy atom. The lowest BCUT2D eigenvalue weighted by atomic mass is 9.87. The molecule has 1 fully saturated rings. The number of methoxy groups -OCH3 is 1.